The van der Waals surface area contributed by atoms with E-state index in [4.69, 9.17) is 23.2 Å². The first-order valence-electron chi connectivity index (χ1n) is 12.2. The first kappa shape index (κ1) is 28.0. The number of carbonyl (C=O) groups excluding carboxylic acids is 1. The van der Waals surface area contributed by atoms with Crippen LogP contribution in [0.2, 0.25) is 10.0 Å². The van der Waals surface area contributed by atoms with Crippen LogP contribution in [0.15, 0.2) is 66.9 Å². The molecule has 5 rings (SSSR count). The Labute approximate surface area is 241 Å². The third kappa shape index (κ3) is 5.80. The molecule has 40 heavy (non-hydrogen) atoms. The van der Waals surface area contributed by atoms with Gasteiger partial charge in [-0.05, 0) is 66.6 Å². The third-order valence-electron chi connectivity index (χ3n) is 6.48. The summed E-state index contributed by atoms with van der Waals surface area (Å²) in [5, 5.41) is 8.28. The maximum atomic E-state index is 13.6. The molecule has 1 N–H and O–H groups in total. The van der Waals surface area contributed by atoms with E-state index >= 15 is 0 Å². The lowest BCUT2D eigenvalue weighted by Crippen LogP contribution is -2.36. The van der Waals surface area contributed by atoms with Gasteiger partial charge >= 0.3 is 0 Å². The molecule has 206 valence electrons. The number of amides is 1. The lowest BCUT2D eigenvalue weighted by molar-refractivity contribution is 0.0932. The third-order valence-corrected chi connectivity index (χ3v) is 8.21. The summed E-state index contributed by atoms with van der Waals surface area (Å²) in [5.41, 5.74) is 3.26. The van der Waals surface area contributed by atoms with Crippen LogP contribution in [0.1, 0.15) is 46.0 Å². The summed E-state index contributed by atoms with van der Waals surface area (Å²) < 4.78 is 41.9. The molecule has 1 aliphatic rings. The highest BCUT2D eigenvalue weighted by Gasteiger charge is 2.35. The van der Waals surface area contributed by atoms with Gasteiger partial charge < -0.3 is 5.32 Å². The van der Waals surface area contributed by atoms with Crippen molar-refractivity contribution in [2.75, 3.05) is 12.8 Å². The lowest BCUT2D eigenvalue weighted by Gasteiger charge is -2.28. The van der Waals surface area contributed by atoms with Crippen molar-refractivity contribution in [3.63, 3.8) is 0 Å². The zero-order chi connectivity index (χ0) is 28.6. The van der Waals surface area contributed by atoms with E-state index in [1.54, 1.807) is 61.7 Å². The van der Waals surface area contributed by atoms with Crippen molar-refractivity contribution in [2.24, 2.45) is 0 Å². The molecule has 1 amide bonds. The molecule has 12 heteroatoms. The molecule has 0 unspecified atom stereocenters. The van der Waals surface area contributed by atoms with Gasteiger partial charge in [0.15, 0.2) is 5.69 Å². The molecule has 0 bridgehead atoms. The molecule has 0 saturated carbocycles. The molecule has 0 saturated heterocycles. The molecule has 3 heterocycles. The molecule has 8 nitrogen and oxygen atoms in total. The van der Waals surface area contributed by atoms with Crippen molar-refractivity contribution in [1.82, 2.24) is 24.4 Å². The number of halogens is 3. The fourth-order valence-corrected chi connectivity index (χ4v) is 5.74. The van der Waals surface area contributed by atoms with Crippen LogP contribution in [0, 0.1) is 5.82 Å². The summed E-state index contributed by atoms with van der Waals surface area (Å²) >= 11 is 12.7. The second-order valence-corrected chi connectivity index (χ2v) is 12.2. The minimum Gasteiger partial charge on any atom is -0.343 e. The number of sulfonamides is 1. The van der Waals surface area contributed by atoms with Crippen LogP contribution in [-0.4, -0.2) is 46.2 Å². The van der Waals surface area contributed by atoms with Crippen molar-refractivity contribution in [1.29, 1.82) is 0 Å². The van der Waals surface area contributed by atoms with E-state index < -0.39 is 27.8 Å². The van der Waals surface area contributed by atoms with E-state index in [2.05, 4.69) is 15.4 Å². The van der Waals surface area contributed by atoms with E-state index in [1.807, 2.05) is 6.07 Å². The number of nitrogens with one attached hydrogen (secondary N) is 1. The van der Waals surface area contributed by atoms with E-state index in [9.17, 15) is 17.6 Å². The van der Waals surface area contributed by atoms with Gasteiger partial charge in [0.1, 0.15) is 5.82 Å². The Kier molecular flexibility index (Phi) is 7.78. The Morgan fingerprint density at radius 3 is 2.50 bits per heavy atom. The van der Waals surface area contributed by atoms with Gasteiger partial charge in [-0.15, -0.1) is 0 Å². The van der Waals surface area contributed by atoms with E-state index in [-0.39, 0.29) is 18.8 Å². The van der Waals surface area contributed by atoms with Crippen molar-refractivity contribution in [3.05, 3.63) is 111 Å². The van der Waals surface area contributed by atoms with Crippen LogP contribution in [-0.2, 0) is 16.6 Å². The van der Waals surface area contributed by atoms with Gasteiger partial charge in [-0.25, -0.2) is 17.5 Å². The highest BCUT2D eigenvalue weighted by Crippen LogP contribution is 2.36. The van der Waals surface area contributed by atoms with E-state index in [1.165, 1.54) is 21.1 Å². The number of fused-ring (bicyclic) bond motifs is 1. The molecule has 1 aliphatic heterocycles. The van der Waals surface area contributed by atoms with Gasteiger partial charge in [-0.1, -0.05) is 41.4 Å². The maximum Gasteiger partial charge on any atom is 0.272 e. The molecular formula is C28H24Cl2FN5O3S. The first-order chi connectivity index (χ1) is 19.0. The second-order valence-electron chi connectivity index (χ2n) is 9.39. The van der Waals surface area contributed by atoms with Crippen molar-refractivity contribution >= 4 is 50.8 Å². The number of benzene rings is 2. The van der Waals surface area contributed by atoms with Crippen molar-refractivity contribution in [2.45, 2.75) is 19.5 Å². The monoisotopic (exact) mass is 599 g/mol. The quantitative estimate of drug-likeness (QED) is 0.315. The smallest absolute Gasteiger partial charge is 0.272 e. The van der Waals surface area contributed by atoms with Crippen molar-refractivity contribution in [3.8, 4) is 5.69 Å². The molecule has 0 fully saturated rings. The van der Waals surface area contributed by atoms with E-state index in [0.29, 0.717) is 43.8 Å². The lowest BCUT2D eigenvalue weighted by atomic mass is 9.98. The van der Waals surface area contributed by atoms with Gasteiger partial charge in [0, 0.05) is 29.9 Å². The molecule has 0 radical (unpaired) electrons. The Hall–Kier alpha value is -3.57. The van der Waals surface area contributed by atoms with E-state index in [0.717, 1.165) is 6.26 Å². The SMILES string of the molecule is C[C@@H](NC(=O)c1nn(-c2ccc(Cl)cc2Cl)c2c1CN(S(C)(=O)=O)CC2=Cc1ccc(F)cc1)c1ccccn1. The van der Waals surface area contributed by atoms with Crippen LogP contribution in [0.4, 0.5) is 4.39 Å². The minimum absolute atomic E-state index is 0.00547. The predicted molar refractivity (Wildman–Crippen MR) is 153 cm³/mol. The Morgan fingerprint density at radius 2 is 1.85 bits per heavy atom. The van der Waals surface area contributed by atoms with Gasteiger partial charge in [0.05, 0.1) is 34.4 Å². The Balaban J connectivity index is 1.70. The Bertz CT molecular complexity index is 1720. The zero-order valence-electron chi connectivity index (χ0n) is 21.5. The summed E-state index contributed by atoms with van der Waals surface area (Å²) in [5.74, 6) is -0.905. The van der Waals surface area contributed by atoms with Crippen LogP contribution < -0.4 is 5.32 Å². The van der Waals surface area contributed by atoms with Crippen LogP contribution in [0.3, 0.4) is 0 Å². The fraction of sp³-hybridized carbons (Fsp3) is 0.179. The molecule has 0 aliphatic carbocycles. The molecule has 2 aromatic carbocycles. The highest BCUT2D eigenvalue weighted by molar-refractivity contribution is 7.88. The molecule has 4 aromatic rings. The van der Waals surface area contributed by atoms with Gasteiger partial charge in [-0.3, -0.25) is 9.78 Å². The second kappa shape index (κ2) is 11.1. The average Bonchev–Trinajstić information content (AvgIpc) is 3.30. The number of hydrogen-bond acceptors (Lipinski definition) is 5. The fourth-order valence-electron chi connectivity index (χ4n) is 4.52. The number of aromatic nitrogens is 3. The van der Waals surface area contributed by atoms with Gasteiger partial charge in [0.2, 0.25) is 10.0 Å². The highest BCUT2D eigenvalue weighted by atomic mass is 35.5. The molecule has 1 atom stereocenters. The number of nitrogens with zero attached hydrogens (tertiary/aromatic N) is 4. The number of rotatable bonds is 6. The van der Waals surface area contributed by atoms with Crippen LogP contribution in [0.25, 0.3) is 17.3 Å². The summed E-state index contributed by atoms with van der Waals surface area (Å²) in [6.07, 6.45) is 4.49. The first-order valence-corrected chi connectivity index (χ1v) is 14.8. The summed E-state index contributed by atoms with van der Waals surface area (Å²) in [6.45, 7) is 1.72. The standard InChI is InChI=1S/C28H24Cl2FN5O3S/c1-17(24-5-3-4-12-32-24)33-28(37)26-22-16-35(40(2,38)39)15-19(13-18-6-9-21(31)10-7-18)27(22)36(34-26)25-11-8-20(29)14-23(25)30/h3-14,17H,15-16H2,1-2H3,(H,33,37)/t17-/m1/s1. The largest absolute Gasteiger partial charge is 0.343 e. The predicted octanol–water partition coefficient (Wildman–Crippen LogP) is 5.52. The summed E-state index contributed by atoms with van der Waals surface area (Å²) in [4.78, 5) is 17.9. The average molecular weight is 601 g/mol. The summed E-state index contributed by atoms with van der Waals surface area (Å²) in [7, 11) is -3.67. The van der Waals surface area contributed by atoms with Gasteiger partial charge in [-0.2, -0.15) is 9.40 Å². The van der Waals surface area contributed by atoms with Crippen LogP contribution in [0.5, 0.6) is 0 Å². The van der Waals surface area contributed by atoms with Crippen LogP contribution >= 0.6 is 23.2 Å². The number of carbonyl (C=O) groups is 1. The zero-order valence-corrected chi connectivity index (χ0v) is 23.8. The Morgan fingerprint density at radius 1 is 1.10 bits per heavy atom. The number of hydrogen-bond donors (Lipinski definition) is 1. The summed E-state index contributed by atoms with van der Waals surface area (Å²) in [6, 6.07) is 15.6. The minimum atomic E-state index is -3.67. The van der Waals surface area contributed by atoms with Gasteiger partial charge in [0.25, 0.3) is 5.91 Å². The molecule has 2 aromatic heterocycles. The normalized spacial score (nSPS) is 15.6. The maximum absolute atomic E-state index is 13.6. The topological polar surface area (TPSA) is 97.2 Å². The molecular weight excluding hydrogens is 576 g/mol. The number of pyridine rings is 1. The molecule has 0 spiro atoms. The van der Waals surface area contributed by atoms with Crippen molar-refractivity contribution < 1.29 is 17.6 Å².